The Labute approximate surface area is 204 Å². The SMILES string of the molecule is CCCCCCNC(=O)c1ccc2c(c1)n(CC)c(CNC(=O)c1nc(Cl)cnc1N)[n+]2CC. The van der Waals surface area contributed by atoms with Gasteiger partial charge in [0.1, 0.15) is 11.7 Å². The molecule has 3 rings (SSSR count). The number of amides is 2. The van der Waals surface area contributed by atoms with Gasteiger partial charge in [0.25, 0.3) is 17.6 Å². The molecule has 0 aliphatic rings. The minimum Gasteiger partial charge on any atom is -0.382 e. The molecule has 0 aliphatic heterocycles. The number of nitrogen functional groups attached to an aromatic ring is 1. The van der Waals surface area contributed by atoms with E-state index < -0.39 is 5.91 Å². The monoisotopic (exact) mass is 486 g/mol. The van der Waals surface area contributed by atoms with Crippen LogP contribution >= 0.6 is 11.6 Å². The van der Waals surface area contributed by atoms with Gasteiger partial charge in [-0.15, -0.1) is 0 Å². The van der Waals surface area contributed by atoms with Gasteiger partial charge >= 0.3 is 0 Å². The number of hydrogen-bond donors (Lipinski definition) is 3. The van der Waals surface area contributed by atoms with Crippen molar-refractivity contribution >= 4 is 40.3 Å². The summed E-state index contributed by atoms with van der Waals surface area (Å²) < 4.78 is 4.22. The molecule has 0 saturated heterocycles. The summed E-state index contributed by atoms with van der Waals surface area (Å²) in [5, 5.41) is 5.99. The number of nitrogens with zero attached hydrogens (tertiary/aromatic N) is 4. The summed E-state index contributed by atoms with van der Waals surface area (Å²) >= 11 is 5.87. The van der Waals surface area contributed by atoms with Crippen molar-refractivity contribution in [3.05, 3.63) is 46.6 Å². The quantitative estimate of drug-likeness (QED) is 0.284. The van der Waals surface area contributed by atoms with Crippen LogP contribution in [0, 0.1) is 0 Å². The minimum absolute atomic E-state index is 0.00685. The number of rotatable bonds is 11. The zero-order chi connectivity index (χ0) is 24.7. The second-order valence-corrected chi connectivity index (χ2v) is 8.42. The molecule has 10 heteroatoms. The maximum atomic E-state index is 12.7. The van der Waals surface area contributed by atoms with Crippen molar-refractivity contribution in [1.29, 1.82) is 0 Å². The molecule has 0 aliphatic carbocycles. The summed E-state index contributed by atoms with van der Waals surface area (Å²) in [6.07, 6.45) is 5.74. The Kier molecular flexibility index (Phi) is 8.81. The largest absolute Gasteiger partial charge is 0.382 e. The van der Waals surface area contributed by atoms with Gasteiger partial charge in [-0.1, -0.05) is 37.8 Å². The van der Waals surface area contributed by atoms with Crippen molar-refractivity contribution in [2.45, 2.75) is 66.1 Å². The fraction of sp³-hybridized carbons (Fsp3) is 0.458. The minimum atomic E-state index is -0.453. The van der Waals surface area contributed by atoms with Crippen LogP contribution in [-0.4, -0.2) is 32.9 Å². The van der Waals surface area contributed by atoms with E-state index in [-0.39, 0.29) is 29.1 Å². The average Bonchev–Trinajstić information content (AvgIpc) is 3.15. The van der Waals surface area contributed by atoms with Crippen molar-refractivity contribution in [2.24, 2.45) is 0 Å². The Bertz CT molecular complexity index is 1180. The predicted octanol–water partition coefficient (Wildman–Crippen LogP) is 3.23. The lowest BCUT2D eigenvalue weighted by Crippen LogP contribution is -2.40. The Morgan fingerprint density at radius 3 is 2.62 bits per heavy atom. The standard InChI is InChI=1S/C24H32ClN7O2/c1-4-7-8-9-12-27-23(33)16-10-11-17-18(13-16)32(6-3)20(31(17)5-2)15-29-24(34)21-22(26)28-14-19(25)30-21/h10-11,13-14H,4-9,12,15H2,1-3H3,(H3-,26,27,28,29,33,34)/p+1. The van der Waals surface area contributed by atoms with E-state index in [4.69, 9.17) is 17.3 Å². The second-order valence-electron chi connectivity index (χ2n) is 8.03. The first-order valence-corrected chi connectivity index (χ1v) is 12.2. The van der Waals surface area contributed by atoms with Gasteiger partial charge in [0.2, 0.25) is 0 Å². The number of fused-ring (bicyclic) bond motifs is 1. The Balaban J connectivity index is 1.83. The van der Waals surface area contributed by atoms with E-state index in [9.17, 15) is 9.59 Å². The number of anilines is 1. The molecule has 0 bridgehead atoms. The Hall–Kier alpha value is -3.20. The van der Waals surface area contributed by atoms with Crippen LogP contribution in [0.4, 0.5) is 5.82 Å². The van der Waals surface area contributed by atoms with Crippen LogP contribution in [0.15, 0.2) is 24.4 Å². The Morgan fingerprint density at radius 1 is 1.12 bits per heavy atom. The van der Waals surface area contributed by atoms with Crippen LogP contribution < -0.4 is 20.9 Å². The molecule has 182 valence electrons. The Morgan fingerprint density at radius 2 is 1.91 bits per heavy atom. The lowest BCUT2D eigenvalue weighted by molar-refractivity contribution is -0.676. The van der Waals surface area contributed by atoms with Crippen LogP contribution in [-0.2, 0) is 19.6 Å². The number of hydrogen-bond acceptors (Lipinski definition) is 5. The predicted molar refractivity (Wildman–Crippen MR) is 133 cm³/mol. The van der Waals surface area contributed by atoms with Crippen LogP contribution in [0.3, 0.4) is 0 Å². The van der Waals surface area contributed by atoms with E-state index in [1.807, 2.05) is 32.0 Å². The topological polar surface area (TPSA) is 119 Å². The van der Waals surface area contributed by atoms with Crippen LogP contribution in [0.5, 0.6) is 0 Å². The summed E-state index contributed by atoms with van der Waals surface area (Å²) in [5.74, 6) is 0.395. The van der Waals surface area contributed by atoms with E-state index in [2.05, 4.69) is 36.7 Å². The number of aryl methyl sites for hydroxylation is 2. The highest BCUT2D eigenvalue weighted by Crippen LogP contribution is 2.18. The molecular formula is C24H33ClN7O2+. The molecule has 1 aromatic carbocycles. The van der Waals surface area contributed by atoms with Crippen LogP contribution in [0.1, 0.15) is 73.1 Å². The molecule has 2 amide bonds. The third kappa shape index (κ3) is 5.64. The average molecular weight is 487 g/mol. The van der Waals surface area contributed by atoms with Crippen LogP contribution in [0.25, 0.3) is 11.0 Å². The van der Waals surface area contributed by atoms with E-state index in [0.717, 1.165) is 29.7 Å². The fourth-order valence-corrected chi connectivity index (χ4v) is 4.21. The number of unbranched alkanes of at least 4 members (excludes halogenated alkanes) is 3. The smallest absolute Gasteiger partial charge is 0.277 e. The van der Waals surface area contributed by atoms with Gasteiger partial charge < -0.3 is 16.4 Å². The molecule has 0 radical (unpaired) electrons. The van der Waals surface area contributed by atoms with Crippen molar-refractivity contribution in [2.75, 3.05) is 12.3 Å². The second kappa shape index (κ2) is 11.8. The molecule has 4 N–H and O–H groups in total. The number of nitrogens with one attached hydrogen (secondary N) is 2. The van der Waals surface area contributed by atoms with Gasteiger partial charge in [0.15, 0.2) is 22.5 Å². The molecule has 0 unspecified atom stereocenters. The zero-order valence-corrected chi connectivity index (χ0v) is 20.8. The van der Waals surface area contributed by atoms with Gasteiger partial charge in [-0.2, -0.15) is 0 Å². The summed E-state index contributed by atoms with van der Waals surface area (Å²) in [6.45, 7) is 8.55. The molecule has 2 aromatic heterocycles. The van der Waals surface area contributed by atoms with Crippen molar-refractivity contribution in [3.8, 4) is 0 Å². The first kappa shape index (κ1) is 25.4. The van der Waals surface area contributed by atoms with Gasteiger partial charge in [0, 0.05) is 18.2 Å². The van der Waals surface area contributed by atoms with E-state index >= 15 is 0 Å². The first-order valence-electron chi connectivity index (χ1n) is 11.8. The van der Waals surface area contributed by atoms with Crippen LogP contribution in [0.2, 0.25) is 5.15 Å². The highest BCUT2D eigenvalue weighted by molar-refractivity contribution is 6.29. The van der Waals surface area contributed by atoms with Crippen molar-refractivity contribution in [1.82, 2.24) is 25.2 Å². The summed E-state index contributed by atoms with van der Waals surface area (Å²) in [7, 11) is 0. The molecule has 0 saturated carbocycles. The highest BCUT2D eigenvalue weighted by atomic mass is 35.5. The lowest BCUT2D eigenvalue weighted by Gasteiger charge is -2.07. The number of imidazole rings is 1. The molecule has 0 atom stereocenters. The van der Waals surface area contributed by atoms with E-state index in [1.54, 1.807) is 0 Å². The third-order valence-corrected chi connectivity index (χ3v) is 5.97. The first-order chi connectivity index (χ1) is 16.4. The maximum Gasteiger partial charge on any atom is 0.277 e. The molecule has 3 aromatic rings. The molecule has 9 nitrogen and oxygen atoms in total. The number of carbonyl (C=O) groups is 2. The molecule has 2 heterocycles. The number of carbonyl (C=O) groups excluding carboxylic acids is 2. The number of benzene rings is 1. The summed E-state index contributed by atoms with van der Waals surface area (Å²) in [4.78, 5) is 33.3. The zero-order valence-electron chi connectivity index (χ0n) is 20.0. The molecule has 0 spiro atoms. The summed E-state index contributed by atoms with van der Waals surface area (Å²) in [5.41, 5.74) is 8.34. The van der Waals surface area contributed by atoms with E-state index in [1.165, 1.54) is 19.0 Å². The normalized spacial score (nSPS) is 11.1. The number of halogens is 1. The number of nitrogens with two attached hydrogens (primary N) is 1. The number of aromatic nitrogens is 4. The van der Waals surface area contributed by atoms with Gasteiger partial charge in [0.05, 0.1) is 19.3 Å². The van der Waals surface area contributed by atoms with Gasteiger partial charge in [-0.05, 0) is 32.4 Å². The molecular weight excluding hydrogens is 454 g/mol. The fourth-order valence-electron chi connectivity index (χ4n) is 4.07. The highest BCUT2D eigenvalue weighted by Gasteiger charge is 2.25. The van der Waals surface area contributed by atoms with Crippen molar-refractivity contribution in [3.63, 3.8) is 0 Å². The van der Waals surface area contributed by atoms with E-state index in [0.29, 0.717) is 25.2 Å². The summed E-state index contributed by atoms with van der Waals surface area (Å²) in [6, 6.07) is 5.72. The third-order valence-electron chi connectivity index (χ3n) is 5.78. The van der Waals surface area contributed by atoms with Gasteiger partial charge in [-0.25, -0.2) is 19.1 Å². The van der Waals surface area contributed by atoms with Crippen molar-refractivity contribution < 1.29 is 14.2 Å². The van der Waals surface area contributed by atoms with Gasteiger partial charge in [-0.3, -0.25) is 9.59 Å². The lowest BCUT2D eigenvalue weighted by atomic mass is 10.1. The molecule has 34 heavy (non-hydrogen) atoms. The maximum absolute atomic E-state index is 12.7. The molecule has 0 fully saturated rings.